The molecule has 112 valence electrons. The Morgan fingerprint density at radius 3 is 2.25 bits per heavy atom. The Labute approximate surface area is 118 Å². The lowest BCUT2D eigenvalue weighted by Crippen LogP contribution is -2.40. The van der Waals surface area contributed by atoms with Crippen molar-refractivity contribution in [1.82, 2.24) is 4.57 Å². The number of pyridine rings is 1. The Bertz CT molecular complexity index is 713. The monoisotopic (exact) mass is 301 g/mol. The molecule has 1 aromatic heterocycles. The number of hydrogen-bond acceptors (Lipinski definition) is 4. The van der Waals surface area contributed by atoms with E-state index in [-0.39, 0.29) is 17.8 Å². The Morgan fingerprint density at radius 2 is 1.85 bits per heavy atom. The summed E-state index contributed by atoms with van der Waals surface area (Å²) >= 11 is 0. The third-order valence-electron chi connectivity index (χ3n) is 3.52. The van der Waals surface area contributed by atoms with Gasteiger partial charge in [-0.1, -0.05) is 0 Å². The number of rotatable bonds is 4. The van der Waals surface area contributed by atoms with Crippen molar-refractivity contribution in [2.45, 2.75) is 39.0 Å². The minimum absolute atomic E-state index is 0.0360. The van der Waals surface area contributed by atoms with Gasteiger partial charge in [0, 0.05) is 24.6 Å². The van der Waals surface area contributed by atoms with Gasteiger partial charge in [0.05, 0.1) is 10.3 Å². The molecule has 0 atom stereocenters. The summed E-state index contributed by atoms with van der Waals surface area (Å²) in [5, 5.41) is 9.19. The number of nitrogens with zero attached hydrogens (tertiary/aromatic N) is 1. The fraction of sp³-hybridized carbons (Fsp3) is 0.538. The molecular weight excluding hydrogens is 282 g/mol. The predicted molar refractivity (Wildman–Crippen MR) is 76.1 cm³/mol. The third kappa shape index (κ3) is 2.92. The molecule has 1 N–H and O–H groups in total. The first-order valence-electron chi connectivity index (χ1n) is 6.02. The number of hydrogen-bond donors (Lipinski definition) is 1. The third-order valence-corrected chi connectivity index (χ3v) is 5.66. The summed E-state index contributed by atoms with van der Waals surface area (Å²) in [6.07, 6.45) is 1.10. The van der Waals surface area contributed by atoms with Crippen LogP contribution in [0.1, 0.15) is 35.5 Å². The Morgan fingerprint density at radius 1 is 1.35 bits per heavy atom. The number of carboxylic acid groups (broad SMARTS) is 1. The number of sulfone groups is 1. The zero-order valence-electron chi connectivity index (χ0n) is 12.2. The van der Waals surface area contributed by atoms with Crippen LogP contribution >= 0.6 is 0 Å². The van der Waals surface area contributed by atoms with Crippen molar-refractivity contribution < 1.29 is 18.3 Å². The van der Waals surface area contributed by atoms with Crippen LogP contribution in [0.4, 0.5) is 0 Å². The SMILES string of the molecule is Cc1cc(=O)n(CC(C)(C)S(C)(=O)=O)c(C)c1C(=O)O. The maximum absolute atomic E-state index is 12.0. The molecule has 0 saturated heterocycles. The van der Waals surface area contributed by atoms with E-state index in [4.69, 9.17) is 0 Å². The highest BCUT2D eigenvalue weighted by Crippen LogP contribution is 2.19. The van der Waals surface area contributed by atoms with Crippen LogP contribution in [0.15, 0.2) is 10.9 Å². The molecule has 0 aliphatic carbocycles. The largest absolute Gasteiger partial charge is 0.478 e. The topological polar surface area (TPSA) is 93.4 Å². The quantitative estimate of drug-likeness (QED) is 0.895. The van der Waals surface area contributed by atoms with E-state index in [0.717, 1.165) is 6.26 Å². The maximum atomic E-state index is 12.0. The van der Waals surface area contributed by atoms with Gasteiger partial charge in [-0.05, 0) is 33.3 Å². The molecule has 0 amide bonds. The summed E-state index contributed by atoms with van der Waals surface area (Å²) in [5.41, 5.74) is 0.267. The van der Waals surface area contributed by atoms with Crippen molar-refractivity contribution in [2.75, 3.05) is 6.26 Å². The molecule has 1 rings (SSSR count). The molecule has 0 unspecified atom stereocenters. The molecule has 0 fully saturated rings. The average Bonchev–Trinajstić information content (AvgIpc) is 2.21. The van der Waals surface area contributed by atoms with Gasteiger partial charge in [0.2, 0.25) is 0 Å². The van der Waals surface area contributed by atoms with Crippen LogP contribution in [0.3, 0.4) is 0 Å². The standard InChI is InChI=1S/C13H19NO5S/c1-8-6-10(15)14(9(2)11(8)12(16)17)7-13(3,4)20(5,18)19/h6H,7H2,1-5H3,(H,16,17). The van der Waals surface area contributed by atoms with Crippen LogP contribution in [-0.2, 0) is 16.4 Å². The van der Waals surface area contributed by atoms with Crippen LogP contribution in [0.2, 0.25) is 0 Å². The van der Waals surface area contributed by atoms with Crippen LogP contribution < -0.4 is 5.56 Å². The summed E-state index contributed by atoms with van der Waals surface area (Å²) in [6.45, 7) is 5.99. The summed E-state index contributed by atoms with van der Waals surface area (Å²) in [7, 11) is -3.38. The average molecular weight is 301 g/mol. The zero-order valence-corrected chi connectivity index (χ0v) is 13.0. The summed E-state index contributed by atoms with van der Waals surface area (Å²) in [5.74, 6) is -1.13. The minimum atomic E-state index is -3.38. The van der Waals surface area contributed by atoms with Crippen molar-refractivity contribution in [3.05, 3.63) is 33.2 Å². The molecule has 0 spiro atoms. The number of aromatic carboxylic acids is 1. The summed E-state index contributed by atoms with van der Waals surface area (Å²) < 4.78 is 23.5. The number of carbonyl (C=O) groups is 1. The molecule has 0 aromatic carbocycles. The van der Waals surface area contributed by atoms with E-state index >= 15 is 0 Å². The first-order valence-corrected chi connectivity index (χ1v) is 7.91. The van der Waals surface area contributed by atoms with Gasteiger partial charge in [0.15, 0.2) is 9.84 Å². The van der Waals surface area contributed by atoms with E-state index in [0.29, 0.717) is 5.56 Å². The number of aryl methyl sites for hydroxylation is 1. The Balaban J connectivity index is 3.53. The molecule has 7 heteroatoms. The molecule has 6 nitrogen and oxygen atoms in total. The number of carboxylic acids is 1. The van der Waals surface area contributed by atoms with E-state index in [1.807, 2.05) is 0 Å². The molecule has 1 aromatic rings. The lowest BCUT2D eigenvalue weighted by atomic mass is 10.1. The second kappa shape index (κ2) is 5.05. The maximum Gasteiger partial charge on any atom is 0.337 e. The molecular formula is C13H19NO5S. The second-order valence-electron chi connectivity index (χ2n) is 5.55. The van der Waals surface area contributed by atoms with Gasteiger partial charge < -0.3 is 9.67 Å². The van der Waals surface area contributed by atoms with Gasteiger partial charge in [-0.3, -0.25) is 4.79 Å². The van der Waals surface area contributed by atoms with Crippen LogP contribution in [-0.4, -0.2) is 35.1 Å². The van der Waals surface area contributed by atoms with Crippen molar-refractivity contribution in [3.63, 3.8) is 0 Å². The first-order chi connectivity index (χ1) is 8.88. The molecule has 0 saturated carbocycles. The minimum Gasteiger partial charge on any atom is -0.478 e. The molecule has 0 aliphatic heterocycles. The highest BCUT2D eigenvalue weighted by atomic mass is 32.2. The smallest absolute Gasteiger partial charge is 0.337 e. The van der Waals surface area contributed by atoms with Crippen LogP contribution in [0.25, 0.3) is 0 Å². The Hall–Kier alpha value is -1.63. The van der Waals surface area contributed by atoms with Gasteiger partial charge in [-0.15, -0.1) is 0 Å². The van der Waals surface area contributed by atoms with Gasteiger partial charge >= 0.3 is 5.97 Å². The van der Waals surface area contributed by atoms with Crippen molar-refractivity contribution in [2.24, 2.45) is 0 Å². The van der Waals surface area contributed by atoms with Gasteiger partial charge in [-0.2, -0.15) is 0 Å². The van der Waals surface area contributed by atoms with Crippen molar-refractivity contribution in [3.8, 4) is 0 Å². The van der Waals surface area contributed by atoms with Gasteiger partial charge in [-0.25, -0.2) is 13.2 Å². The lowest BCUT2D eigenvalue weighted by Gasteiger charge is -2.25. The van der Waals surface area contributed by atoms with Gasteiger partial charge in [0.1, 0.15) is 0 Å². The van der Waals surface area contributed by atoms with Crippen LogP contribution in [0.5, 0.6) is 0 Å². The van der Waals surface area contributed by atoms with E-state index in [2.05, 4.69) is 0 Å². The molecule has 0 bridgehead atoms. The van der Waals surface area contributed by atoms with E-state index in [1.165, 1.54) is 31.4 Å². The molecule has 1 heterocycles. The summed E-state index contributed by atoms with van der Waals surface area (Å²) in [4.78, 5) is 23.3. The normalized spacial score (nSPS) is 12.4. The first kappa shape index (κ1) is 16.4. The van der Waals surface area contributed by atoms with Crippen molar-refractivity contribution >= 4 is 15.8 Å². The predicted octanol–water partition coefficient (Wildman–Crippen LogP) is 0.987. The lowest BCUT2D eigenvalue weighted by molar-refractivity contribution is 0.0694. The highest BCUT2D eigenvalue weighted by Gasteiger charge is 2.32. The fourth-order valence-electron chi connectivity index (χ4n) is 1.94. The number of aromatic nitrogens is 1. The second-order valence-corrected chi connectivity index (χ2v) is 8.20. The zero-order chi connectivity index (χ0) is 15.9. The fourth-order valence-corrected chi connectivity index (χ4v) is 2.30. The molecule has 0 radical (unpaired) electrons. The van der Waals surface area contributed by atoms with E-state index in [1.54, 1.807) is 6.92 Å². The molecule has 0 aliphatic rings. The van der Waals surface area contributed by atoms with E-state index in [9.17, 15) is 23.1 Å². The summed E-state index contributed by atoms with van der Waals surface area (Å²) in [6, 6.07) is 1.22. The van der Waals surface area contributed by atoms with Crippen LogP contribution in [0, 0.1) is 13.8 Å². The highest BCUT2D eigenvalue weighted by molar-refractivity contribution is 7.92. The van der Waals surface area contributed by atoms with Crippen molar-refractivity contribution in [1.29, 1.82) is 0 Å². The Kier molecular flexibility index (Phi) is 4.14. The molecule has 20 heavy (non-hydrogen) atoms. The van der Waals surface area contributed by atoms with E-state index < -0.39 is 26.1 Å². The van der Waals surface area contributed by atoms with Gasteiger partial charge in [0.25, 0.3) is 5.56 Å².